The van der Waals surface area contributed by atoms with Crippen LogP contribution in [-0.4, -0.2) is 24.5 Å². The Kier molecular flexibility index (Phi) is 3.98. The van der Waals surface area contributed by atoms with Crippen molar-refractivity contribution in [2.75, 3.05) is 23.7 Å². The predicted molar refractivity (Wildman–Crippen MR) is 79.9 cm³/mol. The van der Waals surface area contributed by atoms with E-state index in [9.17, 15) is 4.79 Å². The van der Waals surface area contributed by atoms with Gasteiger partial charge in [-0.1, -0.05) is 19.9 Å². The van der Waals surface area contributed by atoms with Crippen LogP contribution in [-0.2, 0) is 0 Å². The SMILES string of the molecule is CCC(C)(CC)NC(=O)c1cccc2c1NCCN2. The minimum Gasteiger partial charge on any atom is -0.382 e. The van der Waals surface area contributed by atoms with Gasteiger partial charge in [0, 0.05) is 18.6 Å². The quantitative estimate of drug-likeness (QED) is 0.781. The molecule has 0 saturated heterocycles. The zero-order valence-electron chi connectivity index (χ0n) is 12.0. The average Bonchev–Trinajstić information content (AvgIpc) is 2.46. The van der Waals surface area contributed by atoms with Crippen LogP contribution >= 0.6 is 0 Å². The summed E-state index contributed by atoms with van der Waals surface area (Å²) in [5.41, 5.74) is 2.51. The van der Waals surface area contributed by atoms with Crippen LogP contribution in [0.15, 0.2) is 18.2 Å². The molecule has 2 rings (SSSR count). The van der Waals surface area contributed by atoms with Crippen molar-refractivity contribution in [3.8, 4) is 0 Å². The molecule has 0 bridgehead atoms. The van der Waals surface area contributed by atoms with E-state index in [0.717, 1.165) is 42.9 Å². The highest BCUT2D eigenvalue weighted by atomic mass is 16.1. The standard InChI is InChI=1S/C15H23N3O/c1-4-15(3,5-2)18-14(19)11-7-6-8-12-13(11)17-10-9-16-12/h6-8,16-17H,4-5,9-10H2,1-3H3,(H,18,19). The van der Waals surface area contributed by atoms with E-state index in [4.69, 9.17) is 0 Å². The molecule has 19 heavy (non-hydrogen) atoms. The summed E-state index contributed by atoms with van der Waals surface area (Å²) in [5, 5.41) is 9.77. The van der Waals surface area contributed by atoms with E-state index in [2.05, 4.69) is 36.7 Å². The first-order chi connectivity index (χ1) is 9.09. The lowest BCUT2D eigenvalue weighted by atomic mass is 9.94. The van der Waals surface area contributed by atoms with Crippen LogP contribution in [0.5, 0.6) is 0 Å². The summed E-state index contributed by atoms with van der Waals surface area (Å²) in [5.74, 6) is -0.000694. The van der Waals surface area contributed by atoms with Crippen molar-refractivity contribution in [1.29, 1.82) is 0 Å². The number of para-hydroxylation sites is 1. The second-order valence-electron chi connectivity index (χ2n) is 5.30. The van der Waals surface area contributed by atoms with Gasteiger partial charge >= 0.3 is 0 Å². The van der Waals surface area contributed by atoms with Crippen molar-refractivity contribution < 1.29 is 4.79 Å². The molecule has 0 spiro atoms. The second-order valence-corrected chi connectivity index (χ2v) is 5.30. The average molecular weight is 261 g/mol. The van der Waals surface area contributed by atoms with Crippen molar-refractivity contribution >= 4 is 17.3 Å². The van der Waals surface area contributed by atoms with Crippen molar-refractivity contribution in [2.24, 2.45) is 0 Å². The summed E-state index contributed by atoms with van der Waals surface area (Å²) in [6, 6.07) is 5.79. The van der Waals surface area contributed by atoms with Crippen LogP contribution in [0.3, 0.4) is 0 Å². The fourth-order valence-corrected chi connectivity index (χ4v) is 2.23. The molecule has 1 aromatic carbocycles. The lowest BCUT2D eigenvalue weighted by molar-refractivity contribution is 0.0902. The second kappa shape index (κ2) is 5.51. The molecule has 4 nitrogen and oxygen atoms in total. The lowest BCUT2D eigenvalue weighted by Gasteiger charge is -2.29. The molecule has 3 N–H and O–H groups in total. The smallest absolute Gasteiger partial charge is 0.253 e. The zero-order chi connectivity index (χ0) is 13.9. The number of benzene rings is 1. The topological polar surface area (TPSA) is 53.2 Å². The first-order valence-corrected chi connectivity index (χ1v) is 7.03. The number of hydrogen-bond donors (Lipinski definition) is 3. The molecule has 0 fully saturated rings. The molecule has 0 radical (unpaired) electrons. The van der Waals surface area contributed by atoms with Crippen molar-refractivity contribution in [2.45, 2.75) is 39.2 Å². The van der Waals surface area contributed by atoms with Gasteiger partial charge in [-0.3, -0.25) is 4.79 Å². The molecule has 0 unspecified atom stereocenters. The molecular weight excluding hydrogens is 238 g/mol. The maximum absolute atomic E-state index is 12.5. The normalized spacial score (nSPS) is 14.1. The van der Waals surface area contributed by atoms with E-state index in [0.29, 0.717) is 0 Å². The van der Waals surface area contributed by atoms with Crippen LogP contribution in [0.25, 0.3) is 0 Å². The van der Waals surface area contributed by atoms with Gasteiger partial charge in [-0.2, -0.15) is 0 Å². The van der Waals surface area contributed by atoms with Gasteiger partial charge in [0.1, 0.15) is 0 Å². The van der Waals surface area contributed by atoms with E-state index < -0.39 is 0 Å². The highest BCUT2D eigenvalue weighted by Crippen LogP contribution is 2.28. The van der Waals surface area contributed by atoms with Crippen molar-refractivity contribution in [3.05, 3.63) is 23.8 Å². The lowest BCUT2D eigenvalue weighted by Crippen LogP contribution is -2.45. The highest BCUT2D eigenvalue weighted by Gasteiger charge is 2.25. The fraction of sp³-hybridized carbons (Fsp3) is 0.533. The Morgan fingerprint density at radius 2 is 1.95 bits per heavy atom. The molecule has 1 heterocycles. The molecule has 0 atom stereocenters. The molecule has 0 aromatic heterocycles. The Bertz CT molecular complexity index is 466. The monoisotopic (exact) mass is 261 g/mol. The number of carbonyl (C=O) groups excluding carboxylic acids is 1. The van der Waals surface area contributed by atoms with E-state index in [1.54, 1.807) is 0 Å². The van der Waals surface area contributed by atoms with Gasteiger partial charge in [-0.15, -0.1) is 0 Å². The van der Waals surface area contributed by atoms with Gasteiger partial charge < -0.3 is 16.0 Å². The summed E-state index contributed by atoms with van der Waals surface area (Å²) in [6.07, 6.45) is 1.85. The van der Waals surface area contributed by atoms with Crippen molar-refractivity contribution in [1.82, 2.24) is 5.32 Å². The first kappa shape index (κ1) is 13.7. The number of carbonyl (C=O) groups is 1. The molecule has 1 amide bonds. The van der Waals surface area contributed by atoms with Crippen LogP contribution in [0.4, 0.5) is 11.4 Å². The summed E-state index contributed by atoms with van der Waals surface area (Å²) < 4.78 is 0. The van der Waals surface area contributed by atoms with Gasteiger partial charge in [-0.05, 0) is 31.9 Å². The van der Waals surface area contributed by atoms with Crippen LogP contribution in [0.2, 0.25) is 0 Å². The minimum atomic E-state index is -0.137. The van der Waals surface area contributed by atoms with Gasteiger partial charge in [0.05, 0.1) is 16.9 Å². The Balaban J connectivity index is 2.25. The third kappa shape index (κ3) is 2.83. The number of amides is 1. The number of nitrogens with one attached hydrogen (secondary N) is 3. The molecule has 1 aliphatic rings. The van der Waals surface area contributed by atoms with Crippen molar-refractivity contribution in [3.63, 3.8) is 0 Å². The first-order valence-electron chi connectivity index (χ1n) is 7.03. The molecule has 0 aliphatic carbocycles. The number of anilines is 2. The highest BCUT2D eigenvalue weighted by molar-refractivity contribution is 6.03. The molecule has 1 aliphatic heterocycles. The van der Waals surface area contributed by atoms with E-state index >= 15 is 0 Å². The third-order valence-electron chi connectivity index (χ3n) is 4.03. The molecular formula is C15H23N3O. The third-order valence-corrected chi connectivity index (χ3v) is 4.03. The maximum Gasteiger partial charge on any atom is 0.253 e. The van der Waals surface area contributed by atoms with Gasteiger partial charge in [0.15, 0.2) is 0 Å². The van der Waals surface area contributed by atoms with Gasteiger partial charge in [0.2, 0.25) is 0 Å². The van der Waals surface area contributed by atoms with Gasteiger partial charge in [0.25, 0.3) is 5.91 Å². The summed E-state index contributed by atoms with van der Waals surface area (Å²) >= 11 is 0. The maximum atomic E-state index is 12.5. The largest absolute Gasteiger partial charge is 0.382 e. The van der Waals surface area contributed by atoms with Crippen LogP contribution in [0.1, 0.15) is 44.0 Å². The molecule has 104 valence electrons. The van der Waals surface area contributed by atoms with E-state index in [1.807, 2.05) is 18.2 Å². The van der Waals surface area contributed by atoms with Crippen LogP contribution < -0.4 is 16.0 Å². The molecule has 4 heteroatoms. The van der Waals surface area contributed by atoms with E-state index in [-0.39, 0.29) is 11.4 Å². The molecule has 1 aromatic rings. The van der Waals surface area contributed by atoms with Crippen LogP contribution in [0, 0.1) is 0 Å². The Morgan fingerprint density at radius 1 is 1.26 bits per heavy atom. The minimum absolute atomic E-state index is 0.000694. The fourth-order valence-electron chi connectivity index (χ4n) is 2.23. The Hall–Kier alpha value is -1.71. The summed E-state index contributed by atoms with van der Waals surface area (Å²) in [7, 11) is 0. The number of rotatable bonds is 4. The molecule has 0 saturated carbocycles. The van der Waals surface area contributed by atoms with E-state index in [1.165, 1.54) is 0 Å². The number of hydrogen-bond acceptors (Lipinski definition) is 3. The summed E-state index contributed by atoms with van der Waals surface area (Å²) in [4.78, 5) is 12.5. The Morgan fingerprint density at radius 3 is 2.63 bits per heavy atom. The predicted octanol–water partition coefficient (Wildman–Crippen LogP) is 2.83. The summed E-state index contributed by atoms with van der Waals surface area (Å²) in [6.45, 7) is 8.02. The zero-order valence-corrected chi connectivity index (χ0v) is 12.0. The number of fused-ring (bicyclic) bond motifs is 1. The Labute approximate surface area is 115 Å². The van der Waals surface area contributed by atoms with Gasteiger partial charge in [-0.25, -0.2) is 0 Å².